The van der Waals surface area contributed by atoms with Crippen LogP contribution in [-0.4, -0.2) is 33.5 Å². The summed E-state index contributed by atoms with van der Waals surface area (Å²) in [4.78, 5) is 40.4. The van der Waals surface area contributed by atoms with E-state index < -0.39 is 17.4 Å². The van der Waals surface area contributed by atoms with Crippen molar-refractivity contribution in [3.8, 4) is 0 Å². The van der Waals surface area contributed by atoms with Gasteiger partial charge in [-0.2, -0.15) is 0 Å². The van der Waals surface area contributed by atoms with Gasteiger partial charge in [0, 0.05) is 13.0 Å². The van der Waals surface area contributed by atoms with Crippen molar-refractivity contribution in [1.82, 2.24) is 15.3 Å². The number of nitrogens with zero attached hydrogens (tertiary/aromatic N) is 1. The van der Waals surface area contributed by atoms with Crippen molar-refractivity contribution < 1.29 is 19.1 Å². The molecule has 20 heavy (non-hydrogen) atoms. The smallest absolute Gasteiger partial charge is 0.303 e. The van der Waals surface area contributed by atoms with E-state index in [0.29, 0.717) is 12.2 Å². The zero-order chi connectivity index (χ0) is 14.7. The van der Waals surface area contributed by atoms with Crippen molar-refractivity contribution in [2.75, 3.05) is 6.54 Å². The van der Waals surface area contributed by atoms with Gasteiger partial charge in [-0.05, 0) is 13.3 Å². The summed E-state index contributed by atoms with van der Waals surface area (Å²) < 4.78 is 5.26. The molecular formula is C12H13N3O5. The minimum absolute atomic E-state index is 0.0342. The number of hydrogen-bond acceptors (Lipinski definition) is 5. The van der Waals surface area contributed by atoms with Gasteiger partial charge in [-0.3, -0.25) is 14.4 Å². The molecule has 8 heteroatoms. The molecule has 3 N–H and O–H groups in total. The number of aryl methyl sites for hydroxylation is 1. The maximum Gasteiger partial charge on any atom is 0.303 e. The number of aromatic amines is 1. The van der Waals surface area contributed by atoms with Crippen LogP contribution in [0.2, 0.25) is 0 Å². The van der Waals surface area contributed by atoms with Gasteiger partial charge >= 0.3 is 5.97 Å². The molecule has 0 aliphatic carbocycles. The van der Waals surface area contributed by atoms with Crippen LogP contribution in [0.3, 0.4) is 0 Å². The Labute approximate surface area is 112 Å². The van der Waals surface area contributed by atoms with Gasteiger partial charge < -0.3 is 19.8 Å². The normalized spacial score (nSPS) is 10.7. The number of fused-ring (bicyclic) bond motifs is 1. The molecule has 0 radical (unpaired) electrons. The monoisotopic (exact) mass is 279 g/mol. The Hall–Kier alpha value is -2.64. The fourth-order valence-electron chi connectivity index (χ4n) is 1.86. The lowest BCUT2D eigenvalue weighted by atomic mass is 10.1. The van der Waals surface area contributed by atoms with Gasteiger partial charge in [0.05, 0.1) is 11.9 Å². The van der Waals surface area contributed by atoms with Crippen LogP contribution in [0.4, 0.5) is 0 Å². The molecule has 0 aliphatic rings. The average molecular weight is 279 g/mol. The quantitative estimate of drug-likeness (QED) is 0.681. The molecule has 0 atom stereocenters. The molecule has 0 saturated carbocycles. The number of carbonyl (C=O) groups is 2. The summed E-state index contributed by atoms with van der Waals surface area (Å²) in [6.07, 6.45) is 1.47. The van der Waals surface area contributed by atoms with Crippen LogP contribution < -0.4 is 10.9 Å². The Morgan fingerprint density at radius 2 is 2.25 bits per heavy atom. The maximum atomic E-state index is 12.0. The summed E-state index contributed by atoms with van der Waals surface area (Å²) >= 11 is 0. The lowest BCUT2D eigenvalue weighted by molar-refractivity contribution is -0.137. The van der Waals surface area contributed by atoms with Crippen LogP contribution in [0, 0.1) is 6.92 Å². The van der Waals surface area contributed by atoms with Crippen molar-refractivity contribution in [3.05, 3.63) is 28.0 Å². The van der Waals surface area contributed by atoms with Crippen LogP contribution in [0.1, 0.15) is 29.0 Å². The predicted molar refractivity (Wildman–Crippen MR) is 68.6 cm³/mol. The third-order valence-corrected chi connectivity index (χ3v) is 2.75. The Morgan fingerprint density at radius 1 is 1.50 bits per heavy atom. The summed E-state index contributed by atoms with van der Waals surface area (Å²) in [5, 5.41) is 11.2. The second kappa shape index (κ2) is 5.55. The Kier molecular flexibility index (Phi) is 3.83. The maximum absolute atomic E-state index is 12.0. The summed E-state index contributed by atoms with van der Waals surface area (Å²) in [5.74, 6) is -1.12. The molecule has 0 fully saturated rings. The van der Waals surface area contributed by atoms with Crippen LogP contribution in [0.5, 0.6) is 0 Å². The van der Waals surface area contributed by atoms with Gasteiger partial charge in [-0.1, -0.05) is 0 Å². The highest BCUT2D eigenvalue weighted by Gasteiger charge is 2.21. The number of carboxylic acid groups (broad SMARTS) is 1. The number of aliphatic carboxylic acids is 1. The molecule has 0 aromatic carbocycles. The van der Waals surface area contributed by atoms with Crippen LogP contribution >= 0.6 is 0 Å². The Bertz CT molecular complexity index is 715. The molecule has 8 nitrogen and oxygen atoms in total. The van der Waals surface area contributed by atoms with E-state index in [1.165, 1.54) is 6.33 Å². The van der Waals surface area contributed by atoms with E-state index in [0.717, 1.165) is 0 Å². The van der Waals surface area contributed by atoms with Crippen LogP contribution in [0.15, 0.2) is 15.5 Å². The number of aromatic nitrogens is 2. The van der Waals surface area contributed by atoms with Crippen molar-refractivity contribution in [3.63, 3.8) is 0 Å². The SMILES string of the molecule is Cc1oc2nc[nH]c(=O)c2c1C(=O)NCCCC(=O)O. The molecule has 1 amide bonds. The number of hydrogen-bond donors (Lipinski definition) is 3. The third-order valence-electron chi connectivity index (χ3n) is 2.75. The minimum Gasteiger partial charge on any atom is -0.481 e. The number of H-pyrrole nitrogens is 1. The zero-order valence-corrected chi connectivity index (χ0v) is 10.7. The number of carboxylic acids is 1. The van der Waals surface area contributed by atoms with Crippen LogP contribution in [0.25, 0.3) is 11.1 Å². The summed E-state index contributed by atoms with van der Waals surface area (Å²) in [5.41, 5.74) is -0.228. The highest BCUT2D eigenvalue weighted by molar-refractivity contribution is 6.06. The van der Waals surface area contributed by atoms with Crippen molar-refractivity contribution in [2.24, 2.45) is 0 Å². The first-order valence-corrected chi connectivity index (χ1v) is 5.97. The number of rotatable bonds is 5. The van der Waals surface area contributed by atoms with Crippen molar-refractivity contribution in [2.45, 2.75) is 19.8 Å². The Balaban J connectivity index is 2.20. The number of carbonyl (C=O) groups excluding carboxylic acids is 1. The lowest BCUT2D eigenvalue weighted by Gasteiger charge is -2.03. The number of nitrogens with one attached hydrogen (secondary N) is 2. The molecule has 2 aromatic heterocycles. The molecule has 2 rings (SSSR count). The molecule has 2 aromatic rings. The molecule has 0 bridgehead atoms. The molecule has 0 unspecified atom stereocenters. The summed E-state index contributed by atoms with van der Waals surface area (Å²) in [6, 6.07) is 0. The average Bonchev–Trinajstić information content (AvgIpc) is 2.72. The van der Waals surface area contributed by atoms with Crippen molar-refractivity contribution >= 4 is 23.0 Å². The van der Waals surface area contributed by atoms with Gasteiger partial charge in [-0.15, -0.1) is 0 Å². The fraction of sp³-hybridized carbons (Fsp3) is 0.333. The third kappa shape index (κ3) is 2.68. The zero-order valence-electron chi connectivity index (χ0n) is 10.7. The number of furan rings is 1. The number of amides is 1. The molecule has 106 valence electrons. The molecule has 0 saturated heterocycles. The van der Waals surface area contributed by atoms with Gasteiger partial charge in [-0.25, -0.2) is 4.98 Å². The largest absolute Gasteiger partial charge is 0.481 e. The van der Waals surface area contributed by atoms with E-state index in [1.54, 1.807) is 6.92 Å². The highest BCUT2D eigenvalue weighted by atomic mass is 16.4. The highest BCUT2D eigenvalue weighted by Crippen LogP contribution is 2.20. The lowest BCUT2D eigenvalue weighted by Crippen LogP contribution is -2.26. The van der Waals surface area contributed by atoms with Crippen LogP contribution in [-0.2, 0) is 4.79 Å². The minimum atomic E-state index is -0.926. The topological polar surface area (TPSA) is 125 Å². The first-order chi connectivity index (χ1) is 9.50. The van der Waals surface area contributed by atoms with E-state index in [-0.39, 0.29) is 29.6 Å². The van der Waals surface area contributed by atoms with E-state index in [2.05, 4.69) is 15.3 Å². The second-order valence-electron chi connectivity index (χ2n) is 4.20. The van der Waals surface area contributed by atoms with E-state index >= 15 is 0 Å². The van der Waals surface area contributed by atoms with E-state index in [1.807, 2.05) is 0 Å². The van der Waals surface area contributed by atoms with Gasteiger partial charge in [0.25, 0.3) is 11.5 Å². The van der Waals surface area contributed by atoms with E-state index in [4.69, 9.17) is 9.52 Å². The predicted octanol–water partition coefficient (Wildman–Crippen LogP) is 0.419. The van der Waals surface area contributed by atoms with Gasteiger partial charge in [0.15, 0.2) is 0 Å². The second-order valence-corrected chi connectivity index (χ2v) is 4.20. The summed E-state index contributed by atoms with van der Waals surface area (Å²) in [7, 11) is 0. The Morgan fingerprint density at radius 3 is 2.95 bits per heavy atom. The molecule has 2 heterocycles. The fourth-order valence-corrected chi connectivity index (χ4v) is 1.86. The summed E-state index contributed by atoms with van der Waals surface area (Å²) in [6.45, 7) is 1.77. The molecular weight excluding hydrogens is 266 g/mol. The van der Waals surface area contributed by atoms with Gasteiger partial charge in [0.1, 0.15) is 11.1 Å². The standard InChI is InChI=1S/C12H13N3O5/c1-6-8(10(18)13-4-2-3-7(16)17)9-11(19)14-5-15-12(9)20-6/h5H,2-4H2,1H3,(H,13,18)(H,16,17)(H,14,15,19). The van der Waals surface area contributed by atoms with E-state index in [9.17, 15) is 14.4 Å². The van der Waals surface area contributed by atoms with Gasteiger partial charge in [0.2, 0.25) is 5.71 Å². The first kappa shape index (κ1) is 13.8. The molecule has 0 aliphatic heterocycles. The first-order valence-electron chi connectivity index (χ1n) is 5.97. The van der Waals surface area contributed by atoms with Crippen molar-refractivity contribution in [1.29, 1.82) is 0 Å². The molecule has 0 spiro atoms.